The van der Waals surface area contributed by atoms with Crippen LogP contribution in [0.1, 0.15) is 32.4 Å². The number of halogens is 3. The molecule has 0 aliphatic heterocycles. The van der Waals surface area contributed by atoms with Gasteiger partial charge >= 0.3 is 0 Å². The van der Waals surface area contributed by atoms with Crippen LogP contribution in [0.5, 0.6) is 5.88 Å². The Hall–Kier alpha value is -2.58. The van der Waals surface area contributed by atoms with Crippen molar-refractivity contribution in [1.82, 2.24) is 20.2 Å². The Bertz CT molecular complexity index is 948. The number of aromatic amines is 1. The first-order chi connectivity index (χ1) is 13.3. The molecule has 0 bridgehead atoms. The number of benzene rings is 1. The first-order valence-corrected chi connectivity index (χ1v) is 9.31. The minimum absolute atomic E-state index is 0.00279. The lowest BCUT2D eigenvalue weighted by molar-refractivity contribution is 0.232. The van der Waals surface area contributed by atoms with Gasteiger partial charge in [0.25, 0.3) is 0 Å². The summed E-state index contributed by atoms with van der Waals surface area (Å²) in [6, 6.07) is 7.66. The third kappa shape index (κ3) is 5.02. The molecule has 0 amide bonds. The summed E-state index contributed by atoms with van der Waals surface area (Å²) in [6.07, 6.45) is -0.00279. The fourth-order valence-electron chi connectivity index (χ4n) is 2.39. The minimum atomic E-state index is -0.298. The van der Waals surface area contributed by atoms with E-state index in [9.17, 15) is 4.39 Å². The topological polar surface area (TPSA) is 87.8 Å². The quantitative estimate of drug-likeness (QED) is 0.443. The maximum Gasteiger partial charge on any atom is 0.234 e. The second-order valence-electron chi connectivity index (χ2n) is 6.33. The van der Waals surface area contributed by atoms with Gasteiger partial charge < -0.3 is 15.4 Å². The van der Waals surface area contributed by atoms with Crippen LogP contribution in [0, 0.1) is 5.82 Å². The van der Waals surface area contributed by atoms with Crippen LogP contribution in [-0.4, -0.2) is 26.3 Å². The molecule has 2 aromatic heterocycles. The predicted molar refractivity (Wildman–Crippen MR) is 108 cm³/mol. The molecule has 0 spiro atoms. The molecule has 1 aromatic carbocycles. The van der Waals surface area contributed by atoms with Crippen LogP contribution in [0.3, 0.4) is 0 Å². The molecule has 7 nitrogen and oxygen atoms in total. The van der Waals surface area contributed by atoms with Gasteiger partial charge in [-0.05, 0) is 38.5 Å². The smallest absolute Gasteiger partial charge is 0.234 e. The lowest BCUT2D eigenvalue weighted by Gasteiger charge is -2.16. The molecule has 0 aliphatic rings. The van der Waals surface area contributed by atoms with Gasteiger partial charge in [0.15, 0.2) is 11.0 Å². The van der Waals surface area contributed by atoms with Crippen LogP contribution in [0.25, 0.3) is 0 Å². The molecule has 1 atom stereocenters. The minimum Gasteiger partial charge on any atom is -0.474 e. The summed E-state index contributed by atoms with van der Waals surface area (Å²) in [4.78, 5) is 8.52. The lowest BCUT2D eigenvalue weighted by Crippen LogP contribution is -2.11. The molecular weight excluding hydrogens is 406 g/mol. The molecule has 28 heavy (non-hydrogen) atoms. The van der Waals surface area contributed by atoms with E-state index in [2.05, 4.69) is 30.8 Å². The van der Waals surface area contributed by atoms with E-state index in [1.165, 1.54) is 12.1 Å². The Labute approximate surface area is 171 Å². The van der Waals surface area contributed by atoms with E-state index < -0.39 is 0 Å². The van der Waals surface area contributed by atoms with Gasteiger partial charge in [-0.2, -0.15) is 9.97 Å². The molecule has 0 saturated heterocycles. The third-order valence-corrected chi connectivity index (χ3v) is 4.42. The van der Waals surface area contributed by atoms with Gasteiger partial charge in [0.2, 0.25) is 11.8 Å². The summed E-state index contributed by atoms with van der Waals surface area (Å²) in [5.41, 5.74) is 0.870. The van der Waals surface area contributed by atoms with Crippen molar-refractivity contribution in [2.75, 3.05) is 10.6 Å². The fraction of sp³-hybridized carbons (Fsp3) is 0.278. The van der Waals surface area contributed by atoms with Crippen molar-refractivity contribution in [2.45, 2.75) is 32.9 Å². The first kappa shape index (κ1) is 20.2. The first-order valence-electron chi connectivity index (χ1n) is 8.56. The van der Waals surface area contributed by atoms with E-state index in [0.29, 0.717) is 17.5 Å². The zero-order chi connectivity index (χ0) is 20.3. The van der Waals surface area contributed by atoms with Crippen LogP contribution >= 0.6 is 23.2 Å². The van der Waals surface area contributed by atoms with Crippen molar-refractivity contribution >= 4 is 40.8 Å². The van der Waals surface area contributed by atoms with Gasteiger partial charge in [-0.15, -0.1) is 5.10 Å². The van der Waals surface area contributed by atoms with Crippen LogP contribution in [0.15, 0.2) is 30.3 Å². The number of hydrogen-bond acceptors (Lipinski definition) is 6. The van der Waals surface area contributed by atoms with Crippen molar-refractivity contribution in [1.29, 1.82) is 0 Å². The molecule has 0 radical (unpaired) electrons. The molecule has 0 aliphatic carbocycles. The average Bonchev–Trinajstić information content (AvgIpc) is 3.06. The maximum absolute atomic E-state index is 13.1. The van der Waals surface area contributed by atoms with Gasteiger partial charge in [-0.25, -0.2) is 4.39 Å². The van der Waals surface area contributed by atoms with Gasteiger partial charge in [0, 0.05) is 6.07 Å². The van der Waals surface area contributed by atoms with Gasteiger partial charge in [-0.1, -0.05) is 35.3 Å². The summed E-state index contributed by atoms with van der Waals surface area (Å²) >= 11 is 12.4. The van der Waals surface area contributed by atoms with Gasteiger partial charge in [-0.3, -0.25) is 5.10 Å². The average molecular weight is 425 g/mol. The van der Waals surface area contributed by atoms with Crippen molar-refractivity contribution in [2.24, 2.45) is 0 Å². The number of anilines is 3. The molecule has 3 rings (SSSR count). The van der Waals surface area contributed by atoms with E-state index in [0.717, 1.165) is 5.56 Å². The summed E-state index contributed by atoms with van der Waals surface area (Å²) in [5, 5.41) is 13.2. The van der Waals surface area contributed by atoms with E-state index in [1.807, 2.05) is 20.8 Å². The largest absolute Gasteiger partial charge is 0.474 e. The van der Waals surface area contributed by atoms with Gasteiger partial charge in [0.05, 0.1) is 12.1 Å². The highest BCUT2D eigenvalue weighted by Crippen LogP contribution is 2.31. The Balaban J connectivity index is 1.78. The maximum atomic E-state index is 13.1. The van der Waals surface area contributed by atoms with Crippen molar-refractivity contribution in [3.8, 4) is 5.88 Å². The highest BCUT2D eigenvalue weighted by molar-refractivity contribution is 6.42. The molecule has 0 unspecified atom stereocenters. The number of rotatable bonds is 7. The number of H-pyrrole nitrogens is 1. The van der Waals surface area contributed by atoms with Crippen LogP contribution < -0.4 is 15.4 Å². The van der Waals surface area contributed by atoms with E-state index in [1.54, 1.807) is 18.2 Å². The van der Waals surface area contributed by atoms with Crippen molar-refractivity contribution in [3.63, 3.8) is 0 Å². The highest BCUT2D eigenvalue weighted by atomic mass is 35.5. The van der Waals surface area contributed by atoms with Crippen molar-refractivity contribution in [3.05, 3.63) is 51.9 Å². The number of nitrogens with one attached hydrogen (secondary N) is 3. The number of nitrogens with zero attached hydrogens (tertiary/aromatic N) is 3. The molecular formula is C18H19Cl2FN6O. The Morgan fingerprint density at radius 3 is 2.50 bits per heavy atom. The normalized spacial score (nSPS) is 12.1. The highest BCUT2D eigenvalue weighted by Gasteiger charge is 2.15. The van der Waals surface area contributed by atoms with E-state index in [-0.39, 0.29) is 34.1 Å². The lowest BCUT2D eigenvalue weighted by atomic mass is 10.1. The Kier molecular flexibility index (Phi) is 6.21. The summed E-state index contributed by atoms with van der Waals surface area (Å²) in [6.45, 7) is 5.71. The molecule has 0 fully saturated rings. The second-order valence-corrected chi connectivity index (χ2v) is 7.07. The predicted octanol–water partition coefficient (Wildman–Crippen LogP) is 5.35. The fourth-order valence-corrected chi connectivity index (χ4v) is 2.69. The Morgan fingerprint density at radius 1 is 1.11 bits per heavy atom. The van der Waals surface area contributed by atoms with Crippen LogP contribution in [-0.2, 0) is 0 Å². The second kappa shape index (κ2) is 8.62. The van der Waals surface area contributed by atoms with Crippen LogP contribution in [0.2, 0.25) is 10.2 Å². The molecule has 3 aromatic rings. The molecule has 2 heterocycles. The number of hydrogen-bond donors (Lipinski definition) is 3. The number of ether oxygens (including phenoxy) is 1. The summed E-state index contributed by atoms with van der Waals surface area (Å²) in [5.74, 6) is 1.25. The summed E-state index contributed by atoms with van der Waals surface area (Å²) < 4.78 is 18.6. The molecule has 148 valence electrons. The van der Waals surface area contributed by atoms with E-state index >= 15 is 0 Å². The summed E-state index contributed by atoms with van der Waals surface area (Å²) in [7, 11) is 0. The number of aromatic nitrogens is 4. The van der Waals surface area contributed by atoms with E-state index in [4.69, 9.17) is 27.9 Å². The molecule has 0 saturated carbocycles. The van der Waals surface area contributed by atoms with Crippen molar-refractivity contribution < 1.29 is 9.13 Å². The SMILES string of the molecule is CC(C)Oc1cc(Nc2nc(N[C@@H](C)c3ccc(F)cc3)nc(Cl)c2Cl)[nH]n1. The molecule has 10 heteroatoms. The van der Waals surface area contributed by atoms with Crippen LogP contribution in [0.4, 0.5) is 22.0 Å². The standard InChI is InChI=1S/C18H19Cl2FN6O/c1-9(2)28-14-8-13(26-27-14)23-17-15(19)16(20)24-18(25-17)22-10(3)11-4-6-12(21)7-5-11/h4-10H,1-3H3,(H3,22,23,24,25,26,27)/t10-/m0/s1. The monoisotopic (exact) mass is 424 g/mol. The zero-order valence-electron chi connectivity index (χ0n) is 15.4. The zero-order valence-corrected chi connectivity index (χ0v) is 16.9. The molecule has 3 N–H and O–H groups in total. The third-order valence-electron chi connectivity index (χ3n) is 3.69. The van der Waals surface area contributed by atoms with Gasteiger partial charge in [0.1, 0.15) is 16.7 Å². The Morgan fingerprint density at radius 2 is 1.82 bits per heavy atom.